The van der Waals surface area contributed by atoms with Crippen LogP contribution in [0.3, 0.4) is 0 Å². The molecule has 0 aromatic carbocycles. The fraction of sp³-hybridized carbons (Fsp3) is 0.923. The molecule has 1 aliphatic heterocycles. The molecule has 4 heteroatoms. The van der Waals surface area contributed by atoms with Crippen molar-refractivity contribution in [2.75, 3.05) is 18.1 Å². The zero-order valence-corrected chi connectivity index (χ0v) is 11.8. The van der Waals surface area contributed by atoms with Crippen molar-refractivity contribution in [1.29, 1.82) is 0 Å². The molecular weight excluding hydrogens is 234 g/mol. The molecule has 3 nitrogen and oxygen atoms in total. The van der Waals surface area contributed by atoms with E-state index in [0.717, 1.165) is 19.3 Å². The van der Waals surface area contributed by atoms with Gasteiger partial charge in [-0.15, -0.1) is 0 Å². The Hall–Kier alpha value is -0.220. The van der Waals surface area contributed by atoms with Crippen LogP contribution in [0.25, 0.3) is 0 Å². The van der Waals surface area contributed by atoms with Crippen molar-refractivity contribution in [2.45, 2.75) is 45.6 Å². The van der Waals surface area contributed by atoms with E-state index < -0.39 is 6.10 Å². The van der Waals surface area contributed by atoms with Crippen molar-refractivity contribution in [3.63, 3.8) is 0 Å². The SMILES string of the molecule is CC(C)CC(O)CNC(=O)CC1CCSCC1. The lowest BCUT2D eigenvalue weighted by atomic mass is 9.98. The predicted molar refractivity (Wildman–Crippen MR) is 73.1 cm³/mol. The lowest BCUT2D eigenvalue weighted by Gasteiger charge is -2.21. The molecule has 0 bridgehead atoms. The first-order chi connectivity index (χ1) is 8.08. The molecule has 0 aromatic heterocycles. The number of hydrogen-bond donors (Lipinski definition) is 2. The summed E-state index contributed by atoms with van der Waals surface area (Å²) in [6.07, 6.45) is 3.30. The number of aliphatic hydroxyl groups is 1. The molecule has 1 unspecified atom stereocenters. The summed E-state index contributed by atoms with van der Waals surface area (Å²) in [5, 5.41) is 12.5. The van der Waals surface area contributed by atoms with Gasteiger partial charge in [0.25, 0.3) is 0 Å². The molecule has 0 aliphatic carbocycles. The van der Waals surface area contributed by atoms with E-state index in [4.69, 9.17) is 0 Å². The summed E-state index contributed by atoms with van der Waals surface area (Å²) >= 11 is 1.98. The number of rotatable bonds is 6. The highest BCUT2D eigenvalue weighted by Crippen LogP contribution is 2.24. The highest BCUT2D eigenvalue weighted by atomic mass is 32.2. The summed E-state index contributed by atoms with van der Waals surface area (Å²) < 4.78 is 0. The Morgan fingerprint density at radius 3 is 2.65 bits per heavy atom. The Morgan fingerprint density at radius 1 is 1.41 bits per heavy atom. The topological polar surface area (TPSA) is 49.3 Å². The maximum Gasteiger partial charge on any atom is 0.220 e. The second kappa shape index (κ2) is 7.98. The molecule has 1 aliphatic rings. The molecule has 0 aromatic rings. The van der Waals surface area contributed by atoms with Gasteiger partial charge in [0.1, 0.15) is 0 Å². The molecule has 1 atom stereocenters. The van der Waals surface area contributed by atoms with E-state index in [1.165, 1.54) is 11.5 Å². The Bertz CT molecular complexity index is 227. The Labute approximate surface area is 109 Å². The van der Waals surface area contributed by atoms with Crippen LogP contribution in [0.4, 0.5) is 0 Å². The van der Waals surface area contributed by atoms with Gasteiger partial charge in [-0.1, -0.05) is 13.8 Å². The highest BCUT2D eigenvalue weighted by molar-refractivity contribution is 7.99. The van der Waals surface area contributed by atoms with Gasteiger partial charge in [-0.25, -0.2) is 0 Å². The summed E-state index contributed by atoms with van der Waals surface area (Å²) in [5.74, 6) is 3.50. The minimum absolute atomic E-state index is 0.102. The van der Waals surface area contributed by atoms with Crippen LogP contribution in [0.15, 0.2) is 0 Å². The van der Waals surface area contributed by atoms with Crippen molar-refractivity contribution in [3.05, 3.63) is 0 Å². The number of carbonyl (C=O) groups excluding carboxylic acids is 1. The van der Waals surface area contributed by atoms with Crippen LogP contribution in [0.2, 0.25) is 0 Å². The summed E-state index contributed by atoms with van der Waals surface area (Å²) in [6, 6.07) is 0. The summed E-state index contributed by atoms with van der Waals surface area (Å²) in [4.78, 5) is 11.7. The van der Waals surface area contributed by atoms with Crippen LogP contribution in [-0.2, 0) is 4.79 Å². The van der Waals surface area contributed by atoms with Crippen LogP contribution in [0, 0.1) is 11.8 Å². The molecule has 1 amide bonds. The fourth-order valence-corrected chi connectivity index (χ4v) is 3.35. The number of carbonyl (C=O) groups is 1. The lowest BCUT2D eigenvalue weighted by molar-refractivity contribution is -0.122. The average molecular weight is 259 g/mol. The van der Waals surface area contributed by atoms with Gasteiger partial charge in [0, 0.05) is 13.0 Å². The largest absolute Gasteiger partial charge is 0.391 e. The highest BCUT2D eigenvalue weighted by Gasteiger charge is 2.17. The average Bonchev–Trinajstić information content (AvgIpc) is 2.27. The first-order valence-electron chi connectivity index (χ1n) is 6.60. The standard InChI is InChI=1S/C13H25NO2S/c1-10(2)7-12(15)9-14-13(16)8-11-3-5-17-6-4-11/h10-12,15H,3-9H2,1-2H3,(H,14,16). The lowest BCUT2D eigenvalue weighted by Crippen LogP contribution is -2.34. The van der Waals surface area contributed by atoms with Gasteiger partial charge < -0.3 is 10.4 Å². The predicted octanol–water partition coefficient (Wildman–Crippen LogP) is 2.04. The molecule has 0 spiro atoms. The minimum atomic E-state index is -0.402. The quantitative estimate of drug-likeness (QED) is 0.767. The van der Waals surface area contributed by atoms with Gasteiger partial charge in [-0.2, -0.15) is 11.8 Å². The number of hydrogen-bond acceptors (Lipinski definition) is 3. The number of amides is 1. The molecule has 0 radical (unpaired) electrons. The first-order valence-corrected chi connectivity index (χ1v) is 7.76. The van der Waals surface area contributed by atoms with Gasteiger partial charge in [-0.3, -0.25) is 4.79 Å². The van der Waals surface area contributed by atoms with Crippen LogP contribution >= 0.6 is 11.8 Å². The molecule has 1 fully saturated rings. The van der Waals surface area contributed by atoms with Crippen molar-refractivity contribution < 1.29 is 9.90 Å². The van der Waals surface area contributed by atoms with E-state index in [-0.39, 0.29) is 5.91 Å². The zero-order chi connectivity index (χ0) is 12.7. The van der Waals surface area contributed by atoms with Crippen LogP contribution < -0.4 is 5.32 Å². The Balaban J connectivity index is 2.11. The summed E-state index contributed by atoms with van der Waals surface area (Å²) in [6.45, 7) is 4.55. The Kier molecular flexibility index (Phi) is 6.97. The molecule has 1 saturated heterocycles. The summed E-state index contributed by atoms with van der Waals surface area (Å²) in [7, 11) is 0. The van der Waals surface area contributed by atoms with Crippen molar-refractivity contribution in [2.24, 2.45) is 11.8 Å². The van der Waals surface area contributed by atoms with E-state index in [0.29, 0.717) is 24.8 Å². The Morgan fingerprint density at radius 2 is 2.06 bits per heavy atom. The second-order valence-corrected chi connectivity index (χ2v) is 6.57. The molecule has 17 heavy (non-hydrogen) atoms. The van der Waals surface area contributed by atoms with E-state index in [9.17, 15) is 9.90 Å². The van der Waals surface area contributed by atoms with Gasteiger partial charge >= 0.3 is 0 Å². The third kappa shape index (κ3) is 6.94. The van der Waals surface area contributed by atoms with Crippen molar-refractivity contribution in [1.82, 2.24) is 5.32 Å². The number of nitrogens with one attached hydrogen (secondary N) is 1. The van der Waals surface area contributed by atoms with Gasteiger partial charge in [0.15, 0.2) is 0 Å². The first kappa shape index (κ1) is 14.8. The smallest absolute Gasteiger partial charge is 0.220 e. The number of thioether (sulfide) groups is 1. The van der Waals surface area contributed by atoms with E-state index in [1.807, 2.05) is 11.8 Å². The van der Waals surface area contributed by atoms with Crippen LogP contribution in [0.1, 0.15) is 39.5 Å². The van der Waals surface area contributed by atoms with E-state index in [1.54, 1.807) is 0 Å². The molecule has 1 rings (SSSR count). The monoisotopic (exact) mass is 259 g/mol. The van der Waals surface area contributed by atoms with Crippen molar-refractivity contribution in [3.8, 4) is 0 Å². The second-order valence-electron chi connectivity index (χ2n) is 5.35. The van der Waals surface area contributed by atoms with Crippen LogP contribution in [0.5, 0.6) is 0 Å². The van der Waals surface area contributed by atoms with Crippen molar-refractivity contribution >= 4 is 17.7 Å². The maximum absolute atomic E-state index is 11.7. The third-order valence-electron chi connectivity index (χ3n) is 3.09. The number of aliphatic hydroxyl groups excluding tert-OH is 1. The van der Waals surface area contributed by atoms with E-state index in [2.05, 4.69) is 19.2 Å². The normalized spacial score (nSPS) is 19.3. The molecule has 100 valence electrons. The molecule has 2 N–H and O–H groups in total. The van der Waals surface area contributed by atoms with E-state index >= 15 is 0 Å². The third-order valence-corrected chi connectivity index (χ3v) is 4.14. The zero-order valence-electron chi connectivity index (χ0n) is 10.9. The van der Waals surface area contributed by atoms with Crippen LogP contribution in [-0.4, -0.2) is 35.2 Å². The molecule has 0 saturated carbocycles. The summed E-state index contributed by atoms with van der Waals surface area (Å²) in [5.41, 5.74) is 0. The van der Waals surface area contributed by atoms with Gasteiger partial charge in [0.05, 0.1) is 6.10 Å². The van der Waals surface area contributed by atoms with Gasteiger partial charge in [0.2, 0.25) is 5.91 Å². The molecular formula is C13H25NO2S. The minimum Gasteiger partial charge on any atom is -0.391 e. The fourth-order valence-electron chi connectivity index (χ4n) is 2.14. The maximum atomic E-state index is 11.7. The molecule has 1 heterocycles. The van der Waals surface area contributed by atoms with Gasteiger partial charge in [-0.05, 0) is 42.6 Å².